The van der Waals surface area contributed by atoms with Crippen LogP contribution in [0.15, 0.2) is 23.1 Å². The monoisotopic (exact) mass is 307 g/mol. The van der Waals surface area contributed by atoms with Gasteiger partial charge in [-0.25, -0.2) is 8.42 Å². The predicted octanol–water partition coefficient (Wildman–Crippen LogP) is 1.87. The Morgan fingerprint density at radius 1 is 1.33 bits per heavy atom. The summed E-state index contributed by atoms with van der Waals surface area (Å²) in [4.78, 5) is 0.193. The lowest BCUT2D eigenvalue weighted by Crippen LogP contribution is -2.36. The molecule has 6 nitrogen and oxygen atoms in total. The third-order valence-corrected chi connectivity index (χ3v) is 5.83. The van der Waals surface area contributed by atoms with E-state index in [2.05, 4.69) is 10.2 Å². The Hall–Kier alpha value is -2.02. The van der Waals surface area contributed by atoms with E-state index in [1.165, 1.54) is 10.4 Å². The van der Waals surface area contributed by atoms with Crippen molar-refractivity contribution in [2.45, 2.75) is 31.6 Å². The first-order valence-corrected chi connectivity index (χ1v) is 8.22. The number of fused-ring (bicyclic) bond motifs is 1. The maximum Gasteiger partial charge on any atom is 0.268 e. The van der Waals surface area contributed by atoms with E-state index in [1.54, 1.807) is 19.9 Å². The van der Waals surface area contributed by atoms with Gasteiger partial charge in [-0.1, -0.05) is 12.1 Å². The number of H-pyrrole nitrogens is 1. The summed E-state index contributed by atoms with van der Waals surface area (Å²) in [5.41, 5.74) is 2.19. The van der Waals surface area contributed by atoms with Crippen LogP contribution in [0, 0.1) is 13.8 Å². The second-order valence-corrected chi connectivity index (χ2v) is 7.03. The van der Waals surface area contributed by atoms with Gasteiger partial charge in [-0.2, -0.15) is 5.10 Å². The molecule has 2 N–H and O–H groups in total. The second-order valence-electron chi connectivity index (χ2n) is 5.23. The standard InChI is InChI=1S/C14H17N3O3S/c1-9-14(10(2)16-15-9)21(19,20)17-8-4-6-11-5-3-7-12(18)13(11)17/h3,5,7,18H,4,6,8H2,1-2H3,(H,15,16). The first kappa shape index (κ1) is 13.9. The van der Waals surface area contributed by atoms with Gasteiger partial charge in [-0.15, -0.1) is 0 Å². The molecule has 0 amide bonds. The fourth-order valence-corrected chi connectivity index (χ4v) is 4.76. The molecule has 1 aromatic carbocycles. The molecule has 0 aliphatic carbocycles. The van der Waals surface area contributed by atoms with E-state index in [0.717, 1.165) is 18.4 Å². The van der Waals surface area contributed by atoms with Crippen LogP contribution < -0.4 is 4.31 Å². The Morgan fingerprint density at radius 3 is 2.76 bits per heavy atom. The summed E-state index contributed by atoms with van der Waals surface area (Å²) >= 11 is 0. The molecular weight excluding hydrogens is 290 g/mol. The molecule has 112 valence electrons. The maximum atomic E-state index is 13.0. The molecular formula is C14H17N3O3S. The van der Waals surface area contributed by atoms with Crippen LogP contribution in [0.3, 0.4) is 0 Å². The molecule has 0 spiro atoms. The van der Waals surface area contributed by atoms with Crippen molar-refractivity contribution >= 4 is 15.7 Å². The van der Waals surface area contributed by atoms with Gasteiger partial charge in [0, 0.05) is 6.54 Å². The van der Waals surface area contributed by atoms with Crippen LogP contribution in [-0.2, 0) is 16.4 Å². The van der Waals surface area contributed by atoms with Crippen molar-refractivity contribution in [3.05, 3.63) is 35.2 Å². The van der Waals surface area contributed by atoms with E-state index in [-0.39, 0.29) is 10.6 Å². The summed E-state index contributed by atoms with van der Waals surface area (Å²) in [6.45, 7) is 3.70. The summed E-state index contributed by atoms with van der Waals surface area (Å²) < 4.78 is 27.2. The number of anilines is 1. The zero-order chi connectivity index (χ0) is 15.2. The summed E-state index contributed by atoms with van der Waals surface area (Å²) in [7, 11) is -3.74. The minimum atomic E-state index is -3.74. The normalized spacial score (nSPS) is 15.0. The van der Waals surface area contributed by atoms with Crippen LogP contribution in [0.2, 0.25) is 0 Å². The molecule has 1 aliphatic heterocycles. The highest BCUT2D eigenvalue weighted by molar-refractivity contribution is 7.93. The van der Waals surface area contributed by atoms with Gasteiger partial charge in [0.15, 0.2) is 0 Å². The highest BCUT2D eigenvalue weighted by Crippen LogP contribution is 2.39. The molecule has 0 saturated heterocycles. The lowest BCUT2D eigenvalue weighted by atomic mass is 10.0. The maximum absolute atomic E-state index is 13.0. The van der Waals surface area contributed by atoms with E-state index < -0.39 is 10.0 Å². The van der Waals surface area contributed by atoms with Crippen LogP contribution >= 0.6 is 0 Å². The molecule has 1 aromatic heterocycles. The molecule has 0 fully saturated rings. The quantitative estimate of drug-likeness (QED) is 0.887. The van der Waals surface area contributed by atoms with E-state index in [1.807, 2.05) is 6.07 Å². The van der Waals surface area contributed by atoms with Gasteiger partial charge >= 0.3 is 0 Å². The Kier molecular flexibility index (Phi) is 3.16. The van der Waals surface area contributed by atoms with Gasteiger partial charge in [-0.3, -0.25) is 9.40 Å². The largest absolute Gasteiger partial charge is 0.506 e. The lowest BCUT2D eigenvalue weighted by Gasteiger charge is -2.31. The number of benzene rings is 1. The van der Waals surface area contributed by atoms with Gasteiger partial charge in [-0.05, 0) is 38.3 Å². The third-order valence-electron chi connectivity index (χ3n) is 3.76. The van der Waals surface area contributed by atoms with Crippen LogP contribution in [-0.4, -0.2) is 30.3 Å². The summed E-state index contributed by atoms with van der Waals surface area (Å²) in [6.07, 6.45) is 1.49. The number of nitrogens with zero attached hydrogens (tertiary/aromatic N) is 2. The smallest absolute Gasteiger partial charge is 0.268 e. The Labute approximate surface area is 123 Å². The summed E-state index contributed by atoms with van der Waals surface area (Å²) in [5, 5.41) is 16.8. The SMILES string of the molecule is Cc1n[nH]c(C)c1S(=O)(=O)N1CCCc2cccc(O)c21. The average molecular weight is 307 g/mol. The second kappa shape index (κ2) is 4.77. The first-order valence-electron chi connectivity index (χ1n) is 6.78. The number of aromatic nitrogens is 2. The minimum absolute atomic E-state index is 0.00502. The number of aromatic amines is 1. The van der Waals surface area contributed by atoms with Crippen molar-refractivity contribution in [3.8, 4) is 5.75 Å². The lowest BCUT2D eigenvalue weighted by molar-refractivity contribution is 0.472. The third kappa shape index (κ3) is 2.08. The minimum Gasteiger partial charge on any atom is -0.506 e. The van der Waals surface area contributed by atoms with Gasteiger partial charge in [0.25, 0.3) is 10.0 Å². The molecule has 3 rings (SSSR count). The molecule has 0 radical (unpaired) electrons. The van der Waals surface area contributed by atoms with Crippen molar-refractivity contribution in [3.63, 3.8) is 0 Å². The molecule has 7 heteroatoms. The number of aromatic hydroxyl groups is 1. The van der Waals surface area contributed by atoms with Crippen molar-refractivity contribution < 1.29 is 13.5 Å². The average Bonchev–Trinajstić information content (AvgIpc) is 2.78. The van der Waals surface area contributed by atoms with Gasteiger partial charge < -0.3 is 5.11 Å². The van der Waals surface area contributed by atoms with E-state index in [9.17, 15) is 13.5 Å². The summed E-state index contributed by atoms with van der Waals surface area (Å²) in [5.74, 6) is -0.00502. The molecule has 0 saturated carbocycles. The van der Waals surface area contributed by atoms with Crippen LogP contribution in [0.5, 0.6) is 5.75 Å². The molecule has 0 bridgehead atoms. The molecule has 0 unspecified atom stereocenters. The molecule has 2 aromatic rings. The molecule has 21 heavy (non-hydrogen) atoms. The predicted molar refractivity (Wildman–Crippen MR) is 79.0 cm³/mol. The molecule has 2 heterocycles. The number of hydrogen-bond donors (Lipinski definition) is 2. The van der Waals surface area contributed by atoms with E-state index in [0.29, 0.717) is 23.6 Å². The molecule has 1 aliphatic rings. The van der Waals surface area contributed by atoms with Gasteiger partial charge in [0.1, 0.15) is 10.6 Å². The topological polar surface area (TPSA) is 86.3 Å². The number of sulfonamides is 1. The van der Waals surface area contributed by atoms with Crippen LogP contribution in [0.4, 0.5) is 5.69 Å². The Morgan fingerprint density at radius 2 is 2.10 bits per heavy atom. The van der Waals surface area contributed by atoms with E-state index in [4.69, 9.17) is 0 Å². The Balaban J connectivity index is 2.19. The highest BCUT2D eigenvalue weighted by Gasteiger charge is 2.34. The number of aryl methyl sites for hydroxylation is 3. The zero-order valence-electron chi connectivity index (χ0n) is 11.9. The summed E-state index contributed by atoms with van der Waals surface area (Å²) in [6, 6.07) is 5.10. The fourth-order valence-electron chi connectivity index (χ4n) is 2.86. The van der Waals surface area contributed by atoms with Crippen molar-refractivity contribution in [2.24, 2.45) is 0 Å². The van der Waals surface area contributed by atoms with Crippen LogP contribution in [0.1, 0.15) is 23.4 Å². The number of phenolic OH excluding ortho intramolecular Hbond substituents is 1. The number of phenols is 1. The molecule has 0 atom stereocenters. The number of rotatable bonds is 2. The van der Waals surface area contributed by atoms with Gasteiger partial charge in [0.2, 0.25) is 0 Å². The van der Waals surface area contributed by atoms with Crippen molar-refractivity contribution in [1.82, 2.24) is 10.2 Å². The van der Waals surface area contributed by atoms with Crippen molar-refractivity contribution in [2.75, 3.05) is 10.8 Å². The zero-order valence-corrected chi connectivity index (χ0v) is 12.7. The number of hydrogen-bond acceptors (Lipinski definition) is 4. The van der Waals surface area contributed by atoms with Gasteiger partial charge in [0.05, 0.1) is 17.1 Å². The van der Waals surface area contributed by atoms with Crippen molar-refractivity contribution in [1.29, 1.82) is 0 Å². The van der Waals surface area contributed by atoms with Crippen LogP contribution in [0.25, 0.3) is 0 Å². The highest BCUT2D eigenvalue weighted by atomic mass is 32.2. The first-order chi connectivity index (χ1) is 9.93. The number of para-hydroxylation sites is 1. The fraction of sp³-hybridized carbons (Fsp3) is 0.357. The Bertz CT molecular complexity index is 776. The van der Waals surface area contributed by atoms with E-state index >= 15 is 0 Å². The number of nitrogens with one attached hydrogen (secondary N) is 1.